The second-order valence-corrected chi connectivity index (χ2v) is 15.9. The zero-order valence-corrected chi connectivity index (χ0v) is 33.6. The van der Waals surface area contributed by atoms with E-state index >= 15 is 0 Å². The maximum Gasteiger partial charge on any atom is 0.259 e. The first-order valence-corrected chi connectivity index (χ1v) is 20.4. The topological polar surface area (TPSA) is 99.5 Å². The lowest BCUT2D eigenvalue weighted by Gasteiger charge is -2.39. The van der Waals surface area contributed by atoms with Gasteiger partial charge in [-0.3, -0.25) is 4.79 Å². The van der Waals surface area contributed by atoms with Gasteiger partial charge in [0.25, 0.3) is 8.53 Å². The number of methoxy groups -OCH3 is 2. The van der Waals surface area contributed by atoms with Crippen LogP contribution in [0.25, 0.3) is 0 Å². The van der Waals surface area contributed by atoms with Gasteiger partial charge in [0, 0.05) is 24.3 Å². The predicted molar refractivity (Wildman–Crippen MR) is 214 cm³/mol. The van der Waals surface area contributed by atoms with Crippen molar-refractivity contribution < 1.29 is 32.8 Å². The Balaban J connectivity index is 1.53. The molecule has 1 aliphatic heterocycles. The van der Waals surface area contributed by atoms with Crippen molar-refractivity contribution in [1.29, 1.82) is 5.26 Å². The minimum Gasteiger partial charge on any atom is -0.497 e. The zero-order chi connectivity index (χ0) is 38.5. The maximum absolute atomic E-state index is 13.8. The summed E-state index contributed by atoms with van der Waals surface area (Å²) in [4.78, 5) is 13.8. The molecule has 54 heavy (non-hydrogen) atoms. The molecule has 5 rings (SSSR count). The molecule has 0 spiro atoms. The maximum atomic E-state index is 13.8. The average molecular weight is 771 g/mol. The number of rotatable bonds is 19. The summed E-state index contributed by atoms with van der Waals surface area (Å²) in [5, 5.41) is 9.25. The van der Waals surface area contributed by atoms with Crippen molar-refractivity contribution >= 4 is 25.4 Å². The molecule has 0 N–H and O–H groups in total. The van der Waals surface area contributed by atoms with E-state index in [-0.39, 0.29) is 36.8 Å². The van der Waals surface area contributed by atoms with E-state index in [0.717, 1.165) is 33.8 Å². The Morgan fingerprint density at radius 1 is 0.852 bits per heavy atom. The summed E-state index contributed by atoms with van der Waals surface area (Å²) in [5.41, 5.74) is 2.65. The van der Waals surface area contributed by atoms with E-state index in [4.69, 9.17) is 28.0 Å². The van der Waals surface area contributed by atoms with Crippen molar-refractivity contribution in [2.75, 3.05) is 27.4 Å². The molecule has 0 saturated carbocycles. The number of hydrogen-bond acceptors (Lipinski definition) is 10. The molecule has 1 heterocycles. The minimum absolute atomic E-state index is 0.0612. The van der Waals surface area contributed by atoms with Crippen molar-refractivity contribution in [3.8, 4) is 17.6 Å². The monoisotopic (exact) mass is 770 g/mol. The van der Waals surface area contributed by atoms with E-state index < -0.39 is 32.4 Å². The molecule has 11 heteroatoms. The minimum atomic E-state index is -1.62. The molecule has 0 amide bonds. The SMILES string of the molecule is COc1ccc(C(OC[C@H]2O[C@H](C(=O)SCc3ccccc3)C[C@@H]2OP(OCCC#N)N(C(C)C)C(C)C)(c2ccccc2)c2ccc(OC)cc2)cc1. The number of carbonyl (C=O) groups excluding carboxylic acids is 1. The number of benzene rings is 4. The quantitative estimate of drug-likeness (QED) is 0.0521. The van der Waals surface area contributed by atoms with E-state index in [1.807, 2.05) is 97.1 Å². The molecule has 4 aromatic carbocycles. The molecule has 0 aliphatic carbocycles. The van der Waals surface area contributed by atoms with Crippen LogP contribution in [0.1, 0.15) is 62.8 Å². The normalized spacial score (nSPS) is 17.8. The average Bonchev–Trinajstić information content (AvgIpc) is 3.60. The second kappa shape index (κ2) is 20.2. The molecule has 1 fully saturated rings. The van der Waals surface area contributed by atoms with Gasteiger partial charge in [-0.2, -0.15) is 5.26 Å². The lowest BCUT2D eigenvalue weighted by molar-refractivity contribution is -0.125. The van der Waals surface area contributed by atoms with E-state index in [1.165, 1.54) is 11.8 Å². The van der Waals surface area contributed by atoms with Gasteiger partial charge in [0.1, 0.15) is 29.3 Å². The summed E-state index contributed by atoms with van der Waals surface area (Å²) >= 11 is 1.25. The standard InChI is InChI=1S/C43H51N2O7PS/c1-31(2)45(32(3)4)53(50-27-13-26-44)52-39-28-40(42(46)54-30-33-14-9-7-10-15-33)51-41(39)29-49-43(34-16-11-8-12-17-34,35-18-22-37(47-5)23-19-35)36-20-24-38(48-6)25-21-36/h7-12,14-25,31-32,39-41H,13,27-30H2,1-6H3/t39-,40-,41+,53?/m0/s1. The van der Waals surface area contributed by atoms with Crippen LogP contribution in [0.15, 0.2) is 109 Å². The Bertz CT molecular complexity index is 1720. The van der Waals surface area contributed by atoms with Crippen molar-refractivity contribution in [2.45, 2.75) is 82.3 Å². The van der Waals surface area contributed by atoms with Gasteiger partial charge in [-0.1, -0.05) is 96.7 Å². The van der Waals surface area contributed by atoms with Crippen molar-refractivity contribution in [3.05, 3.63) is 131 Å². The fourth-order valence-electron chi connectivity index (χ4n) is 6.64. The summed E-state index contributed by atoms with van der Waals surface area (Å²) < 4.78 is 40.4. The summed E-state index contributed by atoms with van der Waals surface area (Å²) in [6.07, 6.45) is -1.30. The number of ether oxygens (including phenoxy) is 4. The molecule has 0 bridgehead atoms. The molecule has 1 aliphatic rings. The van der Waals surface area contributed by atoms with Gasteiger partial charge in [-0.15, -0.1) is 0 Å². The smallest absolute Gasteiger partial charge is 0.259 e. The van der Waals surface area contributed by atoms with Crippen molar-refractivity contribution in [2.24, 2.45) is 0 Å². The first kappa shape index (κ1) is 41.4. The Kier molecular flexibility index (Phi) is 15.5. The highest BCUT2D eigenvalue weighted by Crippen LogP contribution is 2.50. The number of carbonyl (C=O) groups is 1. The van der Waals surface area contributed by atoms with Crippen molar-refractivity contribution in [1.82, 2.24) is 4.67 Å². The molecule has 0 aromatic heterocycles. The van der Waals surface area contributed by atoms with Gasteiger partial charge < -0.3 is 28.0 Å². The fraction of sp³-hybridized carbons (Fsp3) is 0.395. The van der Waals surface area contributed by atoms with Gasteiger partial charge in [0.2, 0.25) is 5.12 Å². The van der Waals surface area contributed by atoms with Crippen LogP contribution in [-0.4, -0.2) is 67.6 Å². The van der Waals surface area contributed by atoms with Gasteiger partial charge in [0.05, 0.1) is 46.0 Å². The van der Waals surface area contributed by atoms with Crippen LogP contribution in [0.2, 0.25) is 0 Å². The molecule has 4 atom stereocenters. The van der Waals surface area contributed by atoms with Crippen molar-refractivity contribution in [3.63, 3.8) is 0 Å². The molecular formula is C43H51N2O7PS. The van der Waals surface area contributed by atoms with E-state index in [0.29, 0.717) is 12.2 Å². The largest absolute Gasteiger partial charge is 0.497 e. The van der Waals surface area contributed by atoms with Crippen LogP contribution in [0, 0.1) is 11.3 Å². The van der Waals surface area contributed by atoms with Crippen LogP contribution < -0.4 is 9.47 Å². The fourth-order valence-corrected chi connectivity index (χ4v) is 9.24. The van der Waals surface area contributed by atoms with Gasteiger partial charge in [0.15, 0.2) is 0 Å². The summed E-state index contributed by atoms with van der Waals surface area (Å²) in [7, 11) is 1.67. The molecule has 286 valence electrons. The van der Waals surface area contributed by atoms with Crippen LogP contribution in [0.4, 0.5) is 0 Å². The van der Waals surface area contributed by atoms with E-state index in [9.17, 15) is 10.1 Å². The predicted octanol–water partition coefficient (Wildman–Crippen LogP) is 9.29. The zero-order valence-electron chi connectivity index (χ0n) is 31.9. The third-order valence-corrected chi connectivity index (χ3v) is 12.4. The highest BCUT2D eigenvalue weighted by Gasteiger charge is 2.46. The summed E-state index contributed by atoms with van der Waals surface area (Å²) in [6, 6.07) is 38.1. The van der Waals surface area contributed by atoms with Gasteiger partial charge >= 0.3 is 0 Å². The van der Waals surface area contributed by atoms with E-state index in [2.05, 4.69) is 50.6 Å². The third-order valence-electron chi connectivity index (χ3n) is 9.21. The van der Waals surface area contributed by atoms with Crippen LogP contribution >= 0.6 is 20.3 Å². The Hall–Kier alpha value is -3.78. The van der Waals surface area contributed by atoms with Gasteiger partial charge in [-0.05, 0) is 74.2 Å². The van der Waals surface area contributed by atoms with Gasteiger partial charge in [-0.25, -0.2) is 4.67 Å². The number of thioether (sulfide) groups is 1. The second-order valence-electron chi connectivity index (χ2n) is 13.5. The highest BCUT2D eigenvalue weighted by atomic mass is 32.2. The lowest BCUT2D eigenvalue weighted by atomic mass is 9.80. The number of nitrogens with zero attached hydrogens (tertiary/aromatic N) is 2. The molecule has 1 saturated heterocycles. The third kappa shape index (κ3) is 10.3. The van der Waals surface area contributed by atoms with Crippen LogP contribution in [-0.2, 0) is 34.7 Å². The van der Waals surface area contributed by atoms with Crippen LogP contribution in [0.5, 0.6) is 11.5 Å². The molecule has 9 nitrogen and oxygen atoms in total. The number of nitriles is 1. The first-order chi connectivity index (χ1) is 26.2. The summed E-state index contributed by atoms with van der Waals surface area (Å²) in [5.74, 6) is 1.99. The molecular weight excluding hydrogens is 720 g/mol. The highest BCUT2D eigenvalue weighted by molar-refractivity contribution is 8.13. The lowest BCUT2D eigenvalue weighted by Crippen LogP contribution is -2.39. The first-order valence-electron chi connectivity index (χ1n) is 18.3. The molecule has 1 unspecified atom stereocenters. The summed E-state index contributed by atoms with van der Waals surface area (Å²) in [6.45, 7) is 8.72. The molecule has 4 aromatic rings. The Labute approximate surface area is 325 Å². The van der Waals surface area contributed by atoms with E-state index in [1.54, 1.807) is 14.2 Å². The molecule has 0 radical (unpaired) electrons. The Morgan fingerprint density at radius 2 is 1.39 bits per heavy atom. The number of hydrogen-bond donors (Lipinski definition) is 0. The van der Waals surface area contributed by atoms with Crippen LogP contribution in [0.3, 0.4) is 0 Å². The Morgan fingerprint density at radius 3 is 1.91 bits per heavy atom.